The maximum Gasteiger partial charge on any atom is 0.0914 e. The fraction of sp³-hybridized carbons (Fsp3) is 0.0625. The van der Waals surface area contributed by atoms with Gasteiger partial charge < -0.3 is 0 Å². The van der Waals surface area contributed by atoms with Crippen molar-refractivity contribution in [2.45, 2.75) is 4.90 Å². The molecule has 0 saturated heterocycles. The number of hydrazone groups is 1. The quantitative estimate of drug-likeness (QED) is 0.825. The van der Waals surface area contributed by atoms with Crippen molar-refractivity contribution in [3.8, 4) is 0 Å². The van der Waals surface area contributed by atoms with Gasteiger partial charge in [0.25, 0.3) is 0 Å². The second kappa shape index (κ2) is 5.76. The number of rotatable bonds is 2. The molecule has 0 aliphatic carbocycles. The molecule has 94 valence electrons. The predicted octanol–water partition coefficient (Wildman–Crippen LogP) is 4.16. The minimum atomic E-state index is 0.976. The largest absolute Gasteiger partial charge is 0.278 e. The van der Waals surface area contributed by atoms with E-state index in [1.54, 1.807) is 0 Å². The highest BCUT2D eigenvalue weighted by atomic mass is 32.2. The zero-order valence-electron chi connectivity index (χ0n) is 10.4. The highest BCUT2D eigenvalue weighted by Gasteiger charge is 2.09. The van der Waals surface area contributed by atoms with Gasteiger partial charge in [0.2, 0.25) is 0 Å². The molecule has 0 saturated carbocycles. The van der Waals surface area contributed by atoms with Crippen LogP contribution in [0.25, 0.3) is 0 Å². The second-order valence-corrected chi connectivity index (χ2v) is 5.25. The number of thioether (sulfide) groups is 1. The third-order valence-corrected chi connectivity index (χ3v) is 3.88. The van der Waals surface area contributed by atoms with E-state index in [1.807, 2.05) is 42.1 Å². The number of hydrogen-bond donors (Lipinski definition) is 1. The topological polar surface area (TPSA) is 24.4 Å². The Morgan fingerprint density at radius 1 is 0.947 bits per heavy atom. The molecule has 19 heavy (non-hydrogen) atoms. The summed E-state index contributed by atoms with van der Waals surface area (Å²) in [5.74, 6) is 0.987. The monoisotopic (exact) mass is 266 g/mol. The molecule has 0 atom stereocenters. The van der Waals surface area contributed by atoms with Crippen molar-refractivity contribution in [1.82, 2.24) is 0 Å². The Bertz CT molecular complexity index is 618. The summed E-state index contributed by atoms with van der Waals surface area (Å²) in [7, 11) is 0. The molecule has 2 nitrogen and oxygen atoms in total. The van der Waals surface area contributed by atoms with Gasteiger partial charge in [0.05, 0.1) is 11.4 Å². The van der Waals surface area contributed by atoms with Gasteiger partial charge in [-0.3, -0.25) is 5.43 Å². The summed E-state index contributed by atoms with van der Waals surface area (Å²) in [5.41, 5.74) is 6.27. The van der Waals surface area contributed by atoms with E-state index in [0.717, 1.165) is 17.2 Å². The molecule has 0 bridgehead atoms. The summed E-state index contributed by atoms with van der Waals surface area (Å²) in [5, 5.41) is 4.52. The molecule has 0 amide bonds. The Hall–Kier alpha value is -2.00. The van der Waals surface area contributed by atoms with Crippen LogP contribution in [0.5, 0.6) is 0 Å². The Morgan fingerprint density at radius 3 is 2.63 bits per heavy atom. The molecule has 2 aromatic rings. The summed E-state index contributed by atoms with van der Waals surface area (Å²) < 4.78 is 0. The van der Waals surface area contributed by atoms with Crippen LogP contribution in [0.15, 0.2) is 76.7 Å². The first kappa shape index (κ1) is 12.1. The second-order valence-electron chi connectivity index (χ2n) is 4.18. The third-order valence-electron chi connectivity index (χ3n) is 2.85. The van der Waals surface area contributed by atoms with Gasteiger partial charge >= 0.3 is 0 Å². The van der Waals surface area contributed by atoms with Crippen LogP contribution in [0.2, 0.25) is 0 Å². The fourth-order valence-corrected chi connectivity index (χ4v) is 2.80. The maximum absolute atomic E-state index is 4.52. The van der Waals surface area contributed by atoms with Gasteiger partial charge in [-0.15, -0.1) is 11.8 Å². The van der Waals surface area contributed by atoms with Crippen LogP contribution in [-0.4, -0.2) is 11.5 Å². The third kappa shape index (κ3) is 2.88. The molecular weight excluding hydrogens is 252 g/mol. The van der Waals surface area contributed by atoms with Crippen molar-refractivity contribution in [3.63, 3.8) is 0 Å². The highest BCUT2D eigenvalue weighted by Crippen LogP contribution is 2.26. The van der Waals surface area contributed by atoms with Crippen molar-refractivity contribution < 1.29 is 0 Å². The number of fused-ring (bicyclic) bond motifs is 1. The average Bonchev–Trinajstić information content (AvgIpc) is 2.68. The first-order valence-electron chi connectivity index (χ1n) is 6.21. The van der Waals surface area contributed by atoms with Crippen molar-refractivity contribution in [1.29, 1.82) is 0 Å². The van der Waals surface area contributed by atoms with Crippen molar-refractivity contribution >= 4 is 23.2 Å². The van der Waals surface area contributed by atoms with Crippen LogP contribution >= 0.6 is 11.8 Å². The molecule has 0 radical (unpaired) electrons. The van der Waals surface area contributed by atoms with Crippen LogP contribution < -0.4 is 5.43 Å². The molecule has 0 spiro atoms. The molecular formula is C16H14N2S. The van der Waals surface area contributed by atoms with E-state index in [2.05, 4.69) is 46.9 Å². The Labute approximate surface area is 117 Å². The lowest BCUT2D eigenvalue weighted by Crippen LogP contribution is -2.02. The summed E-state index contributed by atoms with van der Waals surface area (Å²) >= 11 is 1.84. The SMILES string of the molecule is C1=CC(=NNc2ccccc2)c2ccccc2SC1. The summed E-state index contributed by atoms with van der Waals surface area (Å²) in [6, 6.07) is 18.4. The minimum absolute atomic E-state index is 0.976. The van der Waals surface area contributed by atoms with Crippen molar-refractivity contribution in [2.75, 3.05) is 11.2 Å². The van der Waals surface area contributed by atoms with E-state index in [0.29, 0.717) is 0 Å². The van der Waals surface area contributed by atoms with E-state index in [4.69, 9.17) is 0 Å². The molecule has 1 heterocycles. The molecule has 1 aliphatic rings. The average molecular weight is 266 g/mol. The minimum Gasteiger partial charge on any atom is -0.278 e. The zero-order chi connectivity index (χ0) is 12.9. The lowest BCUT2D eigenvalue weighted by Gasteiger charge is -2.06. The smallest absolute Gasteiger partial charge is 0.0914 e. The number of nitrogens with one attached hydrogen (secondary N) is 1. The maximum atomic E-state index is 4.52. The molecule has 1 aliphatic heterocycles. The number of para-hydroxylation sites is 1. The summed E-state index contributed by atoms with van der Waals surface area (Å²) in [4.78, 5) is 1.28. The highest BCUT2D eigenvalue weighted by molar-refractivity contribution is 7.99. The van der Waals surface area contributed by atoms with Crippen LogP contribution in [0.4, 0.5) is 5.69 Å². The van der Waals surface area contributed by atoms with Gasteiger partial charge in [-0.2, -0.15) is 5.10 Å². The first-order valence-corrected chi connectivity index (χ1v) is 7.19. The molecule has 0 aromatic heterocycles. The van der Waals surface area contributed by atoms with E-state index >= 15 is 0 Å². The van der Waals surface area contributed by atoms with E-state index in [9.17, 15) is 0 Å². The fourth-order valence-electron chi connectivity index (χ4n) is 1.93. The van der Waals surface area contributed by atoms with Gasteiger partial charge in [-0.25, -0.2) is 0 Å². The Balaban J connectivity index is 1.91. The summed E-state index contributed by atoms with van der Waals surface area (Å²) in [6.07, 6.45) is 4.23. The van der Waals surface area contributed by atoms with Gasteiger partial charge in [-0.05, 0) is 24.3 Å². The van der Waals surface area contributed by atoms with E-state index in [1.165, 1.54) is 10.5 Å². The number of anilines is 1. The van der Waals surface area contributed by atoms with Crippen molar-refractivity contribution in [2.24, 2.45) is 5.10 Å². The number of benzene rings is 2. The van der Waals surface area contributed by atoms with Gasteiger partial charge in [0, 0.05) is 16.2 Å². The molecule has 2 aromatic carbocycles. The lowest BCUT2D eigenvalue weighted by atomic mass is 10.1. The van der Waals surface area contributed by atoms with Gasteiger partial charge in [0.15, 0.2) is 0 Å². The van der Waals surface area contributed by atoms with Crippen LogP contribution in [0, 0.1) is 0 Å². The Morgan fingerprint density at radius 2 is 1.74 bits per heavy atom. The van der Waals surface area contributed by atoms with Gasteiger partial charge in [0.1, 0.15) is 0 Å². The van der Waals surface area contributed by atoms with E-state index in [-0.39, 0.29) is 0 Å². The lowest BCUT2D eigenvalue weighted by molar-refractivity contribution is 1.32. The molecule has 1 N–H and O–H groups in total. The molecule has 0 fully saturated rings. The number of hydrogen-bond acceptors (Lipinski definition) is 3. The Kier molecular flexibility index (Phi) is 3.65. The van der Waals surface area contributed by atoms with Gasteiger partial charge in [-0.1, -0.05) is 42.5 Å². The molecule has 0 unspecified atom stereocenters. The zero-order valence-corrected chi connectivity index (χ0v) is 11.2. The van der Waals surface area contributed by atoms with Crippen molar-refractivity contribution in [3.05, 3.63) is 72.3 Å². The predicted molar refractivity (Wildman–Crippen MR) is 82.9 cm³/mol. The standard InChI is InChI=1S/C16H14N2S/c1-2-7-13(8-3-1)17-18-15-10-6-12-19-16-11-5-4-9-14(15)16/h1-11,17H,12H2. The van der Waals surface area contributed by atoms with Crippen LogP contribution in [0.3, 0.4) is 0 Å². The van der Waals surface area contributed by atoms with Crippen LogP contribution in [0.1, 0.15) is 5.56 Å². The van der Waals surface area contributed by atoms with Crippen LogP contribution in [-0.2, 0) is 0 Å². The number of nitrogens with zero attached hydrogens (tertiary/aromatic N) is 1. The normalized spacial score (nSPS) is 15.9. The van der Waals surface area contributed by atoms with E-state index < -0.39 is 0 Å². The summed E-state index contributed by atoms with van der Waals surface area (Å²) in [6.45, 7) is 0. The number of allylic oxidation sites excluding steroid dienone is 1. The molecule has 3 heteroatoms. The molecule has 3 rings (SSSR count). The first-order chi connectivity index (χ1) is 9.43.